The van der Waals surface area contributed by atoms with E-state index < -0.39 is 0 Å². The number of amidine groups is 1. The summed E-state index contributed by atoms with van der Waals surface area (Å²) < 4.78 is 0. The Morgan fingerprint density at radius 2 is 1.85 bits per heavy atom. The molecule has 0 bridgehead atoms. The van der Waals surface area contributed by atoms with E-state index >= 15 is 0 Å². The normalized spacial score (nSPS) is 15.3. The molecule has 3 nitrogen and oxygen atoms in total. The van der Waals surface area contributed by atoms with E-state index in [0.29, 0.717) is 0 Å². The van der Waals surface area contributed by atoms with Crippen molar-refractivity contribution < 1.29 is 5.11 Å². The summed E-state index contributed by atoms with van der Waals surface area (Å²) in [6.45, 7) is 5.13. The zero-order valence-electron chi connectivity index (χ0n) is 13.2. The Morgan fingerprint density at radius 3 is 2.65 bits per heavy atom. The van der Waals surface area contributed by atoms with Crippen molar-refractivity contribution in [2.24, 2.45) is 4.99 Å². The van der Waals surface area contributed by atoms with Crippen molar-refractivity contribution in [1.82, 2.24) is 4.90 Å². The molecule has 116 valence electrons. The second-order valence-corrected chi connectivity index (χ2v) is 5.58. The van der Waals surface area contributed by atoms with Crippen molar-refractivity contribution in [3.8, 4) is 0 Å². The smallest absolute Gasteiger partial charge is 0.0991 e. The lowest BCUT2D eigenvalue weighted by atomic mass is 10.1. The monoisotopic (exact) mass is 280 g/mol. The zero-order valence-corrected chi connectivity index (χ0v) is 13.2. The molecule has 0 aliphatic carbocycles. The van der Waals surface area contributed by atoms with Gasteiger partial charge >= 0.3 is 0 Å². The van der Waals surface area contributed by atoms with Crippen LogP contribution in [0.15, 0.2) is 17.1 Å². The quantitative estimate of drug-likeness (QED) is 0.436. The van der Waals surface area contributed by atoms with Gasteiger partial charge in [0.2, 0.25) is 0 Å². The Morgan fingerprint density at radius 1 is 1.10 bits per heavy atom. The molecule has 0 saturated heterocycles. The fraction of sp³-hybridized carbons (Fsp3) is 0.824. The van der Waals surface area contributed by atoms with Gasteiger partial charge in [0.15, 0.2) is 0 Å². The largest absolute Gasteiger partial charge is 0.395 e. The van der Waals surface area contributed by atoms with Gasteiger partial charge in [0, 0.05) is 19.5 Å². The molecule has 1 rings (SSSR count). The molecule has 0 unspecified atom stereocenters. The molecule has 0 amide bonds. The first kappa shape index (κ1) is 17.2. The Kier molecular flexibility index (Phi) is 10.3. The summed E-state index contributed by atoms with van der Waals surface area (Å²) >= 11 is 0. The van der Waals surface area contributed by atoms with Crippen molar-refractivity contribution in [1.29, 1.82) is 0 Å². The first-order chi connectivity index (χ1) is 9.88. The minimum atomic E-state index is 0.241. The van der Waals surface area contributed by atoms with Crippen LogP contribution >= 0.6 is 0 Å². The predicted octanol–water partition coefficient (Wildman–Crippen LogP) is 3.78. The SMILES string of the molecule is CCC/C=C/CCCCCCCC1=NCCN1CCO. The van der Waals surface area contributed by atoms with Gasteiger partial charge < -0.3 is 10.0 Å². The molecular weight excluding hydrogens is 248 g/mol. The van der Waals surface area contributed by atoms with E-state index in [9.17, 15) is 0 Å². The number of unbranched alkanes of at least 4 members (excludes halogenated alkanes) is 6. The van der Waals surface area contributed by atoms with Crippen molar-refractivity contribution >= 4 is 5.84 Å². The molecule has 1 aliphatic heterocycles. The highest BCUT2D eigenvalue weighted by molar-refractivity contribution is 5.83. The maximum atomic E-state index is 8.99. The van der Waals surface area contributed by atoms with Gasteiger partial charge in [-0.2, -0.15) is 0 Å². The molecule has 0 radical (unpaired) electrons. The summed E-state index contributed by atoms with van der Waals surface area (Å²) in [6, 6.07) is 0. The van der Waals surface area contributed by atoms with Crippen LogP contribution in [-0.4, -0.2) is 42.1 Å². The van der Waals surface area contributed by atoms with Crippen LogP contribution in [0.4, 0.5) is 0 Å². The van der Waals surface area contributed by atoms with Crippen LogP contribution in [0.1, 0.15) is 64.7 Å². The molecule has 0 aromatic carbocycles. The number of aliphatic hydroxyl groups excluding tert-OH is 1. The molecule has 1 aliphatic rings. The maximum Gasteiger partial charge on any atom is 0.0991 e. The van der Waals surface area contributed by atoms with Crippen molar-refractivity contribution in [2.45, 2.75) is 64.7 Å². The average molecular weight is 280 g/mol. The number of aliphatic imine (C=N–C) groups is 1. The van der Waals surface area contributed by atoms with Crippen LogP contribution in [0.3, 0.4) is 0 Å². The lowest BCUT2D eigenvalue weighted by Gasteiger charge is -2.18. The fourth-order valence-corrected chi connectivity index (χ4v) is 2.61. The van der Waals surface area contributed by atoms with Gasteiger partial charge in [0.05, 0.1) is 19.0 Å². The molecule has 20 heavy (non-hydrogen) atoms. The van der Waals surface area contributed by atoms with Gasteiger partial charge in [-0.05, 0) is 25.7 Å². The van der Waals surface area contributed by atoms with Gasteiger partial charge in [0.1, 0.15) is 0 Å². The highest BCUT2D eigenvalue weighted by Gasteiger charge is 2.14. The second kappa shape index (κ2) is 12.0. The summed E-state index contributed by atoms with van der Waals surface area (Å²) in [6.07, 6.45) is 16.1. The lowest BCUT2D eigenvalue weighted by molar-refractivity contribution is 0.255. The van der Waals surface area contributed by atoms with Gasteiger partial charge in [0.25, 0.3) is 0 Å². The molecule has 0 aromatic heterocycles. The van der Waals surface area contributed by atoms with E-state index in [0.717, 1.165) is 26.1 Å². The van der Waals surface area contributed by atoms with Crippen LogP contribution in [0.2, 0.25) is 0 Å². The van der Waals surface area contributed by atoms with Crippen LogP contribution in [-0.2, 0) is 0 Å². The molecule has 3 heteroatoms. The Bertz CT molecular complexity index is 287. The van der Waals surface area contributed by atoms with Crippen molar-refractivity contribution in [3.63, 3.8) is 0 Å². The molecule has 0 saturated carbocycles. The van der Waals surface area contributed by atoms with Gasteiger partial charge in [-0.1, -0.05) is 44.8 Å². The first-order valence-corrected chi connectivity index (χ1v) is 8.42. The van der Waals surface area contributed by atoms with Crippen LogP contribution in [0, 0.1) is 0 Å². The molecule has 0 aromatic rings. The number of allylic oxidation sites excluding steroid dienone is 2. The van der Waals surface area contributed by atoms with Gasteiger partial charge in [-0.15, -0.1) is 0 Å². The average Bonchev–Trinajstić information content (AvgIpc) is 2.89. The van der Waals surface area contributed by atoms with Crippen LogP contribution < -0.4 is 0 Å². The minimum absolute atomic E-state index is 0.241. The standard InChI is InChI=1S/C17H32N2O/c1-2-3-4-5-6-7-8-9-10-11-12-17-18-13-14-19(17)15-16-20/h4-5,20H,2-3,6-16H2,1H3/b5-4+. The molecule has 0 atom stereocenters. The second-order valence-electron chi connectivity index (χ2n) is 5.58. The number of aliphatic hydroxyl groups is 1. The molecular formula is C17H32N2O. The lowest BCUT2D eigenvalue weighted by Crippen LogP contribution is -2.30. The number of β-amino-alcohol motifs (C(OH)–C–C–N with tert-alkyl or cyclic N) is 1. The van der Waals surface area contributed by atoms with Crippen molar-refractivity contribution in [2.75, 3.05) is 26.2 Å². The summed E-state index contributed by atoms with van der Waals surface area (Å²) in [5, 5.41) is 8.99. The minimum Gasteiger partial charge on any atom is -0.395 e. The van der Waals surface area contributed by atoms with E-state index in [1.165, 1.54) is 57.2 Å². The van der Waals surface area contributed by atoms with Gasteiger partial charge in [-0.3, -0.25) is 4.99 Å². The third-order valence-corrected chi connectivity index (χ3v) is 3.79. The molecule has 0 fully saturated rings. The third kappa shape index (κ3) is 7.68. The molecule has 1 N–H and O–H groups in total. The van der Waals surface area contributed by atoms with Crippen LogP contribution in [0.5, 0.6) is 0 Å². The first-order valence-electron chi connectivity index (χ1n) is 8.42. The van der Waals surface area contributed by atoms with E-state index in [1.807, 2.05) is 0 Å². The predicted molar refractivity (Wildman–Crippen MR) is 87.3 cm³/mol. The number of hydrogen-bond donors (Lipinski definition) is 1. The summed E-state index contributed by atoms with van der Waals surface area (Å²) in [5.74, 6) is 1.22. The third-order valence-electron chi connectivity index (χ3n) is 3.79. The summed E-state index contributed by atoms with van der Waals surface area (Å²) in [4.78, 5) is 6.77. The Balaban J connectivity index is 1.92. The highest BCUT2D eigenvalue weighted by Crippen LogP contribution is 2.12. The fourth-order valence-electron chi connectivity index (χ4n) is 2.61. The Hall–Kier alpha value is -0.830. The molecule has 1 heterocycles. The zero-order chi connectivity index (χ0) is 14.5. The number of hydrogen-bond acceptors (Lipinski definition) is 3. The van der Waals surface area contributed by atoms with Crippen LogP contribution in [0.25, 0.3) is 0 Å². The summed E-state index contributed by atoms with van der Waals surface area (Å²) in [5.41, 5.74) is 0. The molecule has 0 spiro atoms. The van der Waals surface area contributed by atoms with Crippen molar-refractivity contribution in [3.05, 3.63) is 12.2 Å². The topological polar surface area (TPSA) is 35.8 Å². The number of nitrogens with zero attached hydrogens (tertiary/aromatic N) is 2. The van der Waals surface area contributed by atoms with E-state index in [1.54, 1.807) is 0 Å². The highest BCUT2D eigenvalue weighted by atomic mass is 16.3. The van der Waals surface area contributed by atoms with E-state index in [2.05, 4.69) is 29.0 Å². The van der Waals surface area contributed by atoms with E-state index in [4.69, 9.17) is 5.11 Å². The Labute approximate surface area is 124 Å². The van der Waals surface area contributed by atoms with Gasteiger partial charge in [-0.25, -0.2) is 0 Å². The number of rotatable bonds is 12. The van der Waals surface area contributed by atoms with E-state index in [-0.39, 0.29) is 6.61 Å². The maximum absolute atomic E-state index is 8.99. The summed E-state index contributed by atoms with van der Waals surface area (Å²) in [7, 11) is 0.